The summed E-state index contributed by atoms with van der Waals surface area (Å²) in [5, 5.41) is 3.09. The molecule has 29 heavy (non-hydrogen) atoms. The molecular weight excluding hydrogens is 360 g/mol. The molecular formula is C25H32N2O2. The third-order valence-electron chi connectivity index (χ3n) is 5.77. The number of nitrogens with one attached hydrogen (secondary N) is 1. The van der Waals surface area contributed by atoms with Crippen molar-refractivity contribution in [2.24, 2.45) is 5.92 Å². The molecule has 0 aliphatic carbocycles. The van der Waals surface area contributed by atoms with Gasteiger partial charge in [-0.15, -0.1) is 0 Å². The molecule has 1 N–H and O–H groups in total. The van der Waals surface area contributed by atoms with E-state index in [-0.39, 0.29) is 30.2 Å². The first kappa shape index (κ1) is 21.1. The summed E-state index contributed by atoms with van der Waals surface area (Å²) in [6, 6.07) is 16.1. The van der Waals surface area contributed by atoms with Crippen LogP contribution in [0.1, 0.15) is 75.6 Å². The van der Waals surface area contributed by atoms with Crippen LogP contribution in [0.5, 0.6) is 0 Å². The van der Waals surface area contributed by atoms with Gasteiger partial charge in [0, 0.05) is 13.0 Å². The van der Waals surface area contributed by atoms with Crippen molar-refractivity contribution in [3.8, 4) is 0 Å². The van der Waals surface area contributed by atoms with Gasteiger partial charge in [0.15, 0.2) is 0 Å². The molecule has 4 nitrogen and oxygen atoms in total. The molecule has 0 radical (unpaired) electrons. The quantitative estimate of drug-likeness (QED) is 0.738. The Bertz CT molecular complexity index is 847. The maximum absolute atomic E-state index is 12.9. The van der Waals surface area contributed by atoms with Crippen LogP contribution in [0.4, 0.5) is 5.69 Å². The van der Waals surface area contributed by atoms with Gasteiger partial charge in [-0.25, -0.2) is 0 Å². The molecule has 4 heteroatoms. The molecule has 2 aromatic rings. The van der Waals surface area contributed by atoms with Gasteiger partial charge in [-0.05, 0) is 35.4 Å². The number of hydrogen-bond acceptors (Lipinski definition) is 2. The molecule has 2 aromatic carbocycles. The monoisotopic (exact) mass is 392 g/mol. The van der Waals surface area contributed by atoms with E-state index in [4.69, 9.17) is 0 Å². The highest BCUT2D eigenvalue weighted by atomic mass is 16.2. The van der Waals surface area contributed by atoms with E-state index in [1.165, 1.54) is 11.1 Å². The van der Waals surface area contributed by atoms with Crippen molar-refractivity contribution in [2.45, 2.75) is 58.9 Å². The van der Waals surface area contributed by atoms with E-state index in [1.54, 1.807) is 0 Å². The average Bonchev–Trinajstić information content (AvgIpc) is 3.09. The second-order valence-electron chi connectivity index (χ2n) is 8.64. The first-order valence-corrected chi connectivity index (χ1v) is 10.6. The molecule has 0 bridgehead atoms. The fraction of sp³-hybridized carbons (Fsp3) is 0.440. The summed E-state index contributed by atoms with van der Waals surface area (Å²) in [6.07, 6.45) is 0.261. The lowest BCUT2D eigenvalue weighted by atomic mass is 9.92. The average molecular weight is 393 g/mol. The molecule has 1 aliphatic rings. The van der Waals surface area contributed by atoms with Gasteiger partial charge >= 0.3 is 0 Å². The van der Waals surface area contributed by atoms with Crippen molar-refractivity contribution in [3.05, 3.63) is 65.2 Å². The summed E-state index contributed by atoms with van der Waals surface area (Å²) < 4.78 is 0. The van der Waals surface area contributed by atoms with Crippen molar-refractivity contribution in [1.82, 2.24) is 5.32 Å². The maximum Gasteiger partial charge on any atom is 0.227 e. The zero-order valence-corrected chi connectivity index (χ0v) is 18.1. The van der Waals surface area contributed by atoms with Crippen molar-refractivity contribution in [3.63, 3.8) is 0 Å². The summed E-state index contributed by atoms with van der Waals surface area (Å²) in [7, 11) is 0. The number of amides is 2. The molecule has 2 atom stereocenters. The van der Waals surface area contributed by atoms with Crippen molar-refractivity contribution < 1.29 is 9.59 Å². The van der Waals surface area contributed by atoms with Gasteiger partial charge in [-0.2, -0.15) is 0 Å². The van der Waals surface area contributed by atoms with E-state index >= 15 is 0 Å². The zero-order valence-electron chi connectivity index (χ0n) is 18.1. The highest BCUT2D eigenvalue weighted by Crippen LogP contribution is 2.38. The Morgan fingerprint density at radius 1 is 0.931 bits per heavy atom. The summed E-state index contributed by atoms with van der Waals surface area (Å²) in [4.78, 5) is 27.7. The van der Waals surface area contributed by atoms with Gasteiger partial charge in [-0.1, -0.05) is 76.2 Å². The Kier molecular flexibility index (Phi) is 6.41. The smallest absolute Gasteiger partial charge is 0.227 e. The van der Waals surface area contributed by atoms with Crippen molar-refractivity contribution in [1.29, 1.82) is 0 Å². The molecule has 2 amide bonds. The van der Waals surface area contributed by atoms with Crippen LogP contribution in [0.3, 0.4) is 0 Å². The lowest BCUT2D eigenvalue weighted by Crippen LogP contribution is -2.35. The second-order valence-corrected chi connectivity index (χ2v) is 8.64. The largest absolute Gasteiger partial charge is 0.349 e. The van der Waals surface area contributed by atoms with Crippen LogP contribution in [-0.4, -0.2) is 18.4 Å². The molecule has 1 aliphatic heterocycles. The van der Waals surface area contributed by atoms with E-state index in [0.29, 0.717) is 18.4 Å². The van der Waals surface area contributed by atoms with E-state index in [9.17, 15) is 9.59 Å². The first-order chi connectivity index (χ1) is 13.8. The van der Waals surface area contributed by atoms with Crippen LogP contribution in [0, 0.1) is 5.92 Å². The van der Waals surface area contributed by atoms with E-state index in [1.807, 2.05) is 42.2 Å². The molecule has 1 heterocycles. The summed E-state index contributed by atoms with van der Waals surface area (Å²) in [6.45, 7) is 11.0. The lowest BCUT2D eigenvalue weighted by Gasteiger charge is -2.27. The Balaban J connectivity index is 1.81. The summed E-state index contributed by atoms with van der Waals surface area (Å²) in [5.74, 6) is 0.275. The Morgan fingerprint density at radius 2 is 1.52 bits per heavy atom. The van der Waals surface area contributed by atoms with Crippen LogP contribution in [-0.2, 0) is 9.59 Å². The minimum absolute atomic E-state index is 0.0347. The highest BCUT2D eigenvalue weighted by Gasteiger charge is 2.37. The van der Waals surface area contributed by atoms with Crippen LogP contribution in [0.2, 0.25) is 0 Å². The van der Waals surface area contributed by atoms with Gasteiger partial charge in [0.1, 0.15) is 0 Å². The Hall–Kier alpha value is -2.62. The summed E-state index contributed by atoms with van der Waals surface area (Å²) >= 11 is 0. The van der Waals surface area contributed by atoms with Gasteiger partial charge in [0.25, 0.3) is 0 Å². The number of carbonyl (C=O) groups excluding carboxylic acids is 2. The molecule has 1 saturated heterocycles. The van der Waals surface area contributed by atoms with Gasteiger partial charge in [-0.3, -0.25) is 9.59 Å². The molecule has 154 valence electrons. The molecule has 1 fully saturated rings. The number of nitrogens with zero attached hydrogens (tertiary/aromatic N) is 1. The van der Waals surface area contributed by atoms with Crippen LogP contribution < -0.4 is 10.2 Å². The van der Waals surface area contributed by atoms with Gasteiger partial charge in [0.05, 0.1) is 17.6 Å². The molecule has 0 spiro atoms. The third kappa shape index (κ3) is 4.52. The van der Waals surface area contributed by atoms with Crippen LogP contribution in [0.25, 0.3) is 0 Å². The SMILES string of the molecule is CC(C)c1cccc(C(C)C)c1N1CC(C(=O)NC(C)c2ccccc2)CC1=O. The fourth-order valence-corrected chi connectivity index (χ4v) is 4.08. The standard InChI is InChI=1S/C25H32N2O2/c1-16(2)21-12-9-13-22(17(3)4)24(21)27-15-20(14-23(27)28)25(29)26-18(5)19-10-7-6-8-11-19/h6-13,16-18,20H,14-15H2,1-5H3,(H,26,29). The van der Waals surface area contributed by atoms with E-state index in [0.717, 1.165) is 11.3 Å². The molecule has 3 rings (SSSR count). The first-order valence-electron chi connectivity index (χ1n) is 10.6. The lowest BCUT2D eigenvalue weighted by molar-refractivity contribution is -0.126. The Morgan fingerprint density at radius 3 is 2.07 bits per heavy atom. The van der Waals surface area contributed by atoms with Crippen molar-refractivity contribution in [2.75, 3.05) is 11.4 Å². The Labute approximate surface area is 174 Å². The topological polar surface area (TPSA) is 49.4 Å². The second kappa shape index (κ2) is 8.81. The minimum Gasteiger partial charge on any atom is -0.349 e. The van der Waals surface area contributed by atoms with Gasteiger partial charge in [0.2, 0.25) is 11.8 Å². The predicted molar refractivity (Wildman–Crippen MR) is 118 cm³/mol. The number of rotatable bonds is 6. The normalized spacial score (nSPS) is 17.8. The molecule has 0 saturated carbocycles. The maximum atomic E-state index is 12.9. The molecule has 2 unspecified atom stereocenters. The highest BCUT2D eigenvalue weighted by molar-refractivity contribution is 6.01. The van der Waals surface area contributed by atoms with E-state index in [2.05, 4.69) is 51.2 Å². The zero-order chi connectivity index (χ0) is 21.1. The van der Waals surface area contributed by atoms with Crippen LogP contribution >= 0.6 is 0 Å². The van der Waals surface area contributed by atoms with Gasteiger partial charge < -0.3 is 10.2 Å². The number of para-hydroxylation sites is 1. The number of hydrogen-bond donors (Lipinski definition) is 1. The molecule has 0 aromatic heterocycles. The minimum atomic E-state index is -0.325. The third-order valence-corrected chi connectivity index (χ3v) is 5.77. The van der Waals surface area contributed by atoms with Crippen LogP contribution in [0.15, 0.2) is 48.5 Å². The van der Waals surface area contributed by atoms with E-state index < -0.39 is 0 Å². The summed E-state index contributed by atoms with van der Waals surface area (Å²) in [5.41, 5.74) is 4.41. The number of anilines is 1. The predicted octanol–water partition coefficient (Wildman–Crippen LogP) is 5.16. The fourth-order valence-electron chi connectivity index (χ4n) is 4.08. The number of carbonyl (C=O) groups is 2. The van der Waals surface area contributed by atoms with Crippen molar-refractivity contribution >= 4 is 17.5 Å². The number of benzene rings is 2.